The van der Waals surface area contributed by atoms with E-state index in [1.54, 1.807) is 0 Å². The van der Waals surface area contributed by atoms with Crippen LogP contribution < -0.4 is 10.2 Å². The van der Waals surface area contributed by atoms with E-state index >= 15 is 0 Å². The van der Waals surface area contributed by atoms with Gasteiger partial charge in [-0.2, -0.15) is 5.10 Å². The standard InChI is InChI=1S/C21H23N5O/c1-16-7-5-6-10-18(16)19-15-20(24-23-19)22-21(27)26-13-11-25(12-14-26)17-8-3-2-4-9-17/h2-10,15H,11-14H2,1H3,(H2,22,23,24,27). The van der Waals surface area contributed by atoms with E-state index in [-0.39, 0.29) is 6.03 Å². The van der Waals surface area contributed by atoms with Crippen LogP contribution in [0.15, 0.2) is 60.7 Å². The van der Waals surface area contributed by atoms with Crippen LogP contribution in [0.4, 0.5) is 16.3 Å². The monoisotopic (exact) mass is 361 g/mol. The third-order valence-corrected chi connectivity index (χ3v) is 4.94. The highest BCUT2D eigenvalue weighted by Crippen LogP contribution is 2.23. The summed E-state index contributed by atoms with van der Waals surface area (Å²) >= 11 is 0. The van der Waals surface area contributed by atoms with Crippen LogP contribution in [0.3, 0.4) is 0 Å². The fourth-order valence-corrected chi connectivity index (χ4v) is 3.39. The Bertz CT molecular complexity index is 913. The van der Waals surface area contributed by atoms with Gasteiger partial charge < -0.3 is 9.80 Å². The molecule has 6 nitrogen and oxygen atoms in total. The van der Waals surface area contributed by atoms with Crippen LogP contribution in [0.25, 0.3) is 11.3 Å². The summed E-state index contributed by atoms with van der Waals surface area (Å²) in [6.07, 6.45) is 0. The van der Waals surface area contributed by atoms with E-state index in [9.17, 15) is 4.79 Å². The average molecular weight is 361 g/mol. The maximum atomic E-state index is 12.6. The molecule has 27 heavy (non-hydrogen) atoms. The van der Waals surface area contributed by atoms with Gasteiger partial charge in [-0.15, -0.1) is 0 Å². The van der Waals surface area contributed by atoms with Crippen molar-refractivity contribution < 1.29 is 4.79 Å². The average Bonchev–Trinajstić information content (AvgIpc) is 3.17. The number of rotatable bonds is 3. The number of benzene rings is 2. The highest BCUT2D eigenvalue weighted by Gasteiger charge is 2.22. The van der Waals surface area contributed by atoms with Crippen LogP contribution in [0, 0.1) is 6.92 Å². The van der Waals surface area contributed by atoms with Gasteiger partial charge >= 0.3 is 6.03 Å². The Hall–Kier alpha value is -3.28. The normalized spacial score (nSPS) is 14.3. The number of aromatic amines is 1. The first-order valence-electron chi connectivity index (χ1n) is 9.18. The van der Waals surface area contributed by atoms with Crippen LogP contribution in [0.2, 0.25) is 0 Å². The minimum Gasteiger partial charge on any atom is -0.368 e. The number of piperazine rings is 1. The lowest BCUT2D eigenvalue weighted by Gasteiger charge is -2.35. The summed E-state index contributed by atoms with van der Waals surface area (Å²) in [5.74, 6) is 0.545. The van der Waals surface area contributed by atoms with Gasteiger partial charge in [0.2, 0.25) is 0 Å². The molecule has 1 fully saturated rings. The molecule has 6 heteroatoms. The number of nitrogens with one attached hydrogen (secondary N) is 2. The maximum Gasteiger partial charge on any atom is 0.323 e. The molecule has 0 spiro atoms. The smallest absolute Gasteiger partial charge is 0.323 e. The molecule has 0 unspecified atom stereocenters. The summed E-state index contributed by atoms with van der Waals surface area (Å²) in [7, 11) is 0. The topological polar surface area (TPSA) is 64.3 Å². The number of carbonyl (C=O) groups is 1. The largest absolute Gasteiger partial charge is 0.368 e. The lowest BCUT2D eigenvalue weighted by molar-refractivity contribution is 0.208. The Morgan fingerprint density at radius 3 is 2.44 bits per heavy atom. The van der Waals surface area contributed by atoms with Crippen molar-refractivity contribution in [2.75, 3.05) is 36.4 Å². The molecule has 1 aromatic heterocycles. The predicted octanol–water partition coefficient (Wildman–Crippen LogP) is 3.74. The fraction of sp³-hybridized carbons (Fsp3) is 0.238. The number of hydrogen-bond donors (Lipinski definition) is 2. The second-order valence-corrected chi connectivity index (χ2v) is 6.72. The molecule has 138 valence electrons. The molecule has 0 radical (unpaired) electrons. The van der Waals surface area contributed by atoms with Crippen molar-refractivity contribution in [3.8, 4) is 11.3 Å². The van der Waals surface area contributed by atoms with E-state index in [4.69, 9.17) is 0 Å². The van der Waals surface area contributed by atoms with E-state index < -0.39 is 0 Å². The molecular formula is C21H23N5O. The molecular weight excluding hydrogens is 338 g/mol. The number of hydrogen-bond acceptors (Lipinski definition) is 3. The van der Waals surface area contributed by atoms with Crippen molar-refractivity contribution in [1.29, 1.82) is 0 Å². The maximum absolute atomic E-state index is 12.6. The Morgan fingerprint density at radius 1 is 1.00 bits per heavy atom. The van der Waals surface area contributed by atoms with E-state index in [1.165, 1.54) is 5.69 Å². The van der Waals surface area contributed by atoms with Crippen molar-refractivity contribution in [3.63, 3.8) is 0 Å². The van der Waals surface area contributed by atoms with Gasteiger partial charge in [-0.1, -0.05) is 42.5 Å². The van der Waals surface area contributed by atoms with Crippen molar-refractivity contribution in [3.05, 3.63) is 66.2 Å². The third kappa shape index (κ3) is 3.79. The lowest BCUT2D eigenvalue weighted by atomic mass is 10.1. The summed E-state index contributed by atoms with van der Waals surface area (Å²) in [6, 6.07) is 20.2. The van der Waals surface area contributed by atoms with Gasteiger partial charge in [0.1, 0.15) is 0 Å². The van der Waals surface area contributed by atoms with Crippen LogP contribution in [-0.4, -0.2) is 47.3 Å². The number of anilines is 2. The van der Waals surface area contributed by atoms with Crippen molar-refractivity contribution in [2.45, 2.75) is 6.92 Å². The fourth-order valence-electron chi connectivity index (χ4n) is 3.39. The molecule has 0 bridgehead atoms. The molecule has 1 aliphatic rings. The van der Waals surface area contributed by atoms with Gasteiger partial charge in [-0.25, -0.2) is 4.79 Å². The molecule has 4 rings (SSSR count). The highest BCUT2D eigenvalue weighted by atomic mass is 16.2. The van der Waals surface area contributed by atoms with Crippen molar-refractivity contribution in [1.82, 2.24) is 15.1 Å². The molecule has 2 heterocycles. The first kappa shape index (κ1) is 17.1. The minimum atomic E-state index is -0.106. The number of para-hydroxylation sites is 1. The quantitative estimate of drug-likeness (QED) is 0.747. The molecule has 3 aromatic rings. The Labute approximate surface area is 158 Å². The number of aromatic nitrogens is 2. The highest BCUT2D eigenvalue weighted by molar-refractivity contribution is 5.89. The van der Waals surface area contributed by atoms with Crippen LogP contribution in [0.1, 0.15) is 5.56 Å². The zero-order valence-electron chi connectivity index (χ0n) is 15.4. The van der Waals surface area contributed by atoms with Gasteiger partial charge in [0.25, 0.3) is 0 Å². The number of H-pyrrole nitrogens is 1. The number of aryl methyl sites for hydroxylation is 1. The molecule has 0 atom stereocenters. The van der Waals surface area contributed by atoms with Gasteiger partial charge in [0.15, 0.2) is 5.82 Å². The predicted molar refractivity (Wildman–Crippen MR) is 108 cm³/mol. The third-order valence-electron chi connectivity index (χ3n) is 4.94. The van der Waals surface area contributed by atoms with Crippen molar-refractivity contribution in [2.24, 2.45) is 0 Å². The van der Waals surface area contributed by atoms with Gasteiger partial charge in [0.05, 0.1) is 5.69 Å². The zero-order chi connectivity index (χ0) is 18.6. The molecule has 0 saturated carbocycles. The first-order valence-corrected chi connectivity index (χ1v) is 9.18. The summed E-state index contributed by atoms with van der Waals surface area (Å²) in [6.45, 7) is 5.09. The summed E-state index contributed by atoms with van der Waals surface area (Å²) in [5, 5.41) is 10.1. The van der Waals surface area contributed by atoms with Crippen LogP contribution in [-0.2, 0) is 0 Å². The lowest BCUT2D eigenvalue weighted by Crippen LogP contribution is -2.50. The SMILES string of the molecule is Cc1ccccc1-c1cc(NC(=O)N2CCN(c3ccccc3)CC2)n[nH]1. The van der Waals surface area contributed by atoms with Crippen LogP contribution >= 0.6 is 0 Å². The summed E-state index contributed by atoms with van der Waals surface area (Å²) in [4.78, 5) is 16.7. The van der Waals surface area contributed by atoms with Crippen molar-refractivity contribution >= 4 is 17.5 Å². The Kier molecular flexibility index (Phi) is 4.78. The first-order chi connectivity index (χ1) is 13.2. The summed E-state index contributed by atoms with van der Waals surface area (Å²) in [5.41, 5.74) is 4.35. The van der Waals surface area contributed by atoms with Gasteiger partial charge in [-0.3, -0.25) is 10.4 Å². The summed E-state index contributed by atoms with van der Waals surface area (Å²) < 4.78 is 0. The molecule has 2 amide bonds. The second-order valence-electron chi connectivity index (χ2n) is 6.72. The van der Waals surface area contributed by atoms with E-state index in [2.05, 4.69) is 45.5 Å². The Morgan fingerprint density at radius 2 is 1.70 bits per heavy atom. The number of carbonyl (C=O) groups excluding carboxylic acids is 1. The second kappa shape index (κ2) is 7.53. The minimum absolute atomic E-state index is 0.106. The molecule has 1 saturated heterocycles. The van der Waals surface area contributed by atoms with E-state index in [1.807, 2.05) is 47.4 Å². The zero-order valence-corrected chi connectivity index (χ0v) is 15.4. The molecule has 1 aliphatic heterocycles. The number of amides is 2. The number of nitrogens with zero attached hydrogens (tertiary/aromatic N) is 3. The number of urea groups is 1. The van der Waals surface area contributed by atoms with E-state index in [0.29, 0.717) is 18.9 Å². The molecule has 2 N–H and O–H groups in total. The molecule has 2 aromatic carbocycles. The van der Waals surface area contributed by atoms with Gasteiger partial charge in [0, 0.05) is 43.5 Å². The van der Waals surface area contributed by atoms with E-state index in [0.717, 1.165) is 29.9 Å². The van der Waals surface area contributed by atoms with Gasteiger partial charge in [-0.05, 0) is 24.6 Å². The van der Waals surface area contributed by atoms with Crippen LogP contribution in [0.5, 0.6) is 0 Å². The Balaban J connectivity index is 1.36. The molecule has 0 aliphatic carbocycles.